The zero-order chi connectivity index (χ0) is 22.3. The second-order valence-corrected chi connectivity index (χ2v) is 9.78. The molecule has 0 bridgehead atoms. The fraction of sp³-hybridized carbons (Fsp3) is 0.231. The molecule has 1 fully saturated rings. The van der Waals surface area contributed by atoms with Gasteiger partial charge in [-0.3, -0.25) is 14.5 Å². The number of nitrogens with zero attached hydrogens (tertiary/aromatic N) is 1. The lowest BCUT2D eigenvalue weighted by atomic mass is 9.84. The normalized spacial score (nSPS) is 18.6. The average molecular weight is 432 g/mol. The van der Waals surface area contributed by atoms with Crippen molar-refractivity contribution in [2.75, 3.05) is 4.90 Å². The van der Waals surface area contributed by atoms with Gasteiger partial charge in [0.15, 0.2) is 0 Å². The van der Waals surface area contributed by atoms with Crippen molar-refractivity contribution in [1.82, 2.24) is 0 Å². The third kappa shape index (κ3) is 3.70. The van der Waals surface area contributed by atoms with Crippen LogP contribution in [0.3, 0.4) is 0 Å². The number of hydrogen-bond acceptors (Lipinski definition) is 4. The van der Waals surface area contributed by atoms with E-state index in [1.54, 1.807) is 12.1 Å². The van der Waals surface area contributed by atoms with Gasteiger partial charge in [-0.15, -0.1) is 11.3 Å². The molecule has 0 aliphatic carbocycles. The predicted molar refractivity (Wildman–Crippen MR) is 125 cm³/mol. The summed E-state index contributed by atoms with van der Waals surface area (Å²) in [6, 6.07) is 18.1. The highest BCUT2D eigenvalue weighted by Gasteiger charge is 2.47. The van der Waals surface area contributed by atoms with Crippen molar-refractivity contribution >= 4 is 34.5 Å². The van der Waals surface area contributed by atoms with Crippen molar-refractivity contribution in [3.8, 4) is 0 Å². The molecule has 1 atom stereocenters. The Kier molecular flexibility index (Phi) is 5.31. The molecule has 1 aliphatic heterocycles. The highest BCUT2D eigenvalue weighted by Crippen LogP contribution is 2.44. The van der Waals surface area contributed by atoms with E-state index < -0.39 is 17.7 Å². The van der Waals surface area contributed by atoms with E-state index in [9.17, 15) is 14.7 Å². The summed E-state index contributed by atoms with van der Waals surface area (Å²) in [5.41, 5.74) is 3.12. The van der Waals surface area contributed by atoms with Gasteiger partial charge in [0.2, 0.25) is 0 Å². The van der Waals surface area contributed by atoms with Crippen LogP contribution in [0, 0.1) is 6.92 Å². The van der Waals surface area contributed by atoms with Crippen molar-refractivity contribution in [3.05, 3.63) is 93.2 Å². The molecule has 31 heavy (non-hydrogen) atoms. The molecule has 2 aromatic carbocycles. The summed E-state index contributed by atoms with van der Waals surface area (Å²) in [6.07, 6.45) is 0. The third-order valence-electron chi connectivity index (χ3n) is 5.65. The molecular formula is C26H25NO3S. The largest absolute Gasteiger partial charge is 0.507 e. The Hall–Kier alpha value is -3.18. The number of anilines is 1. The third-order valence-corrected chi connectivity index (χ3v) is 6.57. The Morgan fingerprint density at radius 3 is 2.32 bits per heavy atom. The van der Waals surface area contributed by atoms with Gasteiger partial charge >= 0.3 is 0 Å². The van der Waals surface area contributed by atoms with Crippen molar-refractivity contribution < 1.29 is 14.7 Å². The number of amides is 1. The topological polar surface area (TPSA) is 57.6 Å². The fourth-order valence-corrected chi connectivity index (χ4v) is 4.72. The Balaban J connectivity index is 1.95. The number of hydrogen-bond donors (Lipinski definition) is 1. The van der Waals surface area contributed by atoms with Crippen LogP contribution >= 0.6 is 11.3 Å². The van der Waals surface area contributed by atoms with Crippen molar-refractivity contribution in [1.29, 1.82) is 0 Å². The number of rotatable bonds is 3. The summed E-state index contributed by atoms with van der Waals surface area (Å²) >= 11 is 1.46. The predicted octanol–water partition coefficient (Wildman–Crippen LogP) is 5.98. The number of aliphatic hydroxyl groups excluding tert-OH is 1. The molecule has 3 aromatic rings. The summed E-state index contributed by atoms with van der Waals surface area (Å²) in [5.74, 6) is -1.42. The minimum Gasteiger partial charge on any atom is -0.507 e. The van der Waals surface area contributed by atoms with Crippen LogP contribution in [-0.2, 0) is 15.0 Å². The molecular weight excluding hydrogens is 406 g/mol. The standard InChI is InChI=1S/C26H25NO3S/c1-16-12-13-17(26(2,3)4)15-19(16)23(28)21-22(20-11-8-14-31-20)27(25(30)24(21)29)18-9-6-5-7-10-18/h5-15,22,28H,1-4H3/b23-21+. The highest BCUT2D eigenvalue weighted by molar-refractivity contribution is 7.10. The summed E-state index contributed by atoms with van der Waals surface area (Å²) in [5, 5.41) is 13.3. The zero-order valence-corrected chi connectivity index (χ0v) is 18.9. The SMILES string of the molecule is Cc1ccc(C(C)(C)C)cc1/C(O)=C1\C(=O)C(=O)N(c2ccccc2)C1c1cccs1. The summed E-state index contributed by atoms with van der Waals surface area (Å²) < 4.78 is 0. The van der Waals surface area contributed by atoms with Crippen molar-refractivity contribution in [2.24, 2.45) is 0 Å². The van der Waals surface area contributed by atoms with Gasteiger partial charge in [-0.25, -0.2) is 0 Å². The van der Waals surface area contributed by atoms with E-state index in [0.29, 0.717) is 11.3 Å². The van der Waals surface area contributed by atoms with E-state index in [-0.39, 0.29) is 16.7 Å². The number of Topliss-reactive ketones (excluding diaryl/α,β-unsaturated/α-hetero) is 1. The van der Waals surface area contributed by atoms with E-state index in [0.717, 1.165) is 16.0 Å². The molecule has 1 amide bonds. The first-order valence-electron chi connectivity index (χ1n) is 10.2. The molecule has 0 saturated carbocycles. The van der Waals surface area contributed by atoms with Crippen LogP contribution in [-0.4, -0.2) is 16.8 Å². The van der Waals surface area contributed by atoms with Crippen LogP contribution in [0.2, 0.25) is 0 Å². The quantitative estimate of drug-likeness (QED) is 0.315. The van der Waals surface area contributed by atoms with E-state index in [2.05, 4.69) is 20.8 Å². The van der Waals surface area contributed by atoms with E-state index in [4.69, 9.17) is 0 Å². The second-order valence-electron chi connectivity index (χ2n) is 8.80. The monoisotopic (exact) mass is 431 g/mol. The fourth-order valence-electron chi connectivity index (χ4n) is 3.89. The van der Waals surface area contributed by atoms with Crippen LogP contribution in [0.5, 0.6) is 0 Å². The van der Waals surface area contributed by atoms with Gasteiger partial charge in [-0.2, -0.15) is 0 Å². The number of benzene rings is 2. The maximum Gasteiger partial charge on any atom is 0.300 e. The lowest BCUT2D eigenvalue weighted by Crippen LogP contribution is -2.29. The second kappa shape index (κ2) is 7.82. The first-order chi connectivity index (χ1) is 14.7. The average Bonchev–Trinajstić information content (AvgIpc) is 3.35. The number of carbonyl (C=O) groups is 2. The Bertz CT molecular complexity index is 1170. The summed E-state index contributed by atoms with van der Waals surface area (Å²) in [4.78, 5) is 28.6. The lowest BCUT2D eigenvalue weighted by molar-refractivity contribution is -0.132. The molecule has 5 heteroatoms. The van der Waals surface area contributed by atoms with Gasteiger partial charge in [-0.1, -0.05) is 57.2 Å². The maximum atomic E-state index is 13.2. The van der Waals surface area contributed by atoms with Crippen molar-refractivity contribution in [2.45, 2.75) is 39.2 Å². The Labute approximate surface area is 186 Å². The Morgan fingerprint density at radius 2 is 1.71 bits per heavy atom. The van der Waals surface area contributed by atoms with Crippen LogP contribution in [0.15, 0.2) is 71.6 Å². The van der Waals surface area contributed by atoms with E-state index in [1.165, 1.54) is 16.2 Å². The number of ketones is 1. The number of carbonyl (C=O) groups excluding carboxylic acids is 2. The molecule has 1 aromatic heterocycles. The molecule has 1 N–H and O–H groups in total. The number of thiophene rings is 1. The molecule has 1 unspecified atom stereocenters. The van der Waals surface area contributed by atoms with Crippen LogP contribution in [0.1, 0.15) is 48.4 Å². The van der Waals surface area contributed by atoms with Crippen molar-refractivity contribution in [3.63, 3.8) is 0 Å². The molecule has 0 spiro atoms. The van der Waals surface area contributed by atoms with Gasteiger partial charge in [0.25, 0.3) is 11.7 Å². The lowest BCUT2D eigenvalue weighted by Gasteiger charge is -2.24. The summed E-state index contributed by atoms with van der Waals surface area (Å²) in [7, 11) is 0. The molecule has 2 heterocycles. The maximum absolute atomic E-state index is 13.2. The molecule has 0 radical (unpaired) electrons. The molecule has 158 valence electrons. The van der Waals surface area contributed by atoms with Gasteiger partial charge in [0, 0.05) is 16.1 Å². The highest BCUT2D eigenvalue weighted by atomic mass is 32.1. The van der Waals surface area contributed by atoms with Gasteiger partial charge in [-0.05, 0) is 53.1 Å². The number of aliphatic hydroxyl groups is 1. The van der Waals surface area contributed by atoms with Crippen LogP contribution < -0.4 is 4.90 Å². The van der Waals surface area contributed by atoms with Gasteiger partial charge in [0.05, 0.1) is 5.57 Å². The van der Waals surface area contributed by atoms with Gasteiger partial charge in [0.1, 0.15) is 11.8 Å². The summed E-state index contributed by atoms with van der Waals surface area (Å²) in [6.45, 7) is 8.19. The first kappa shape index (κ1) is 21.1. The zero-order valence-electron chi connectivity index (χ0n) is 18.0. The van der Waals surface area contributed by atoms with E-state index >= 15 is 0 Å². The molecule has 1 aliphatic rings. The van der Waals surface area contributed by atoms with Crippen LogP contribution in [0.25, 0.3) is 5.76 Å². The molecule has 1 saturated heterocycles. The first-order valence-corrected chi connectivity index (χ1v) is 11.1. The van der Waals surface area contributed by atoms with E-state index in [1.807, 2.05) is 60.8 Å². The minimum atomic E-state index is -0.667. The van der Waals surface area contributed by atoms with Gasteiger partial charge < -0.3 is 5.11 Å². The van der Waals surface area contributed by atoms with Crippen LogP contribution in [0.4, 0.5) is 5.69 Å². The number of aryl methyl sites for hydroxylation is 1. The minimum absolute atomic E-state index is 0.119. The molecule has 4 nitrogen and oxygen atoms in total. The number of para-hydroxylation sites is 1. The smallest absolute Gasteiger partial charge is 0.300 e. The Morgan fingerprint density at radius 1 is 1.00 bits per heavy atom. The molecule has 4 rings (SSSR count).